The molecule has 0 unspecified atom stereocenters. The first-order chi connectivity index (χ1) is 9.61. The Morgan fingerprint density at radius 2 is 2.15 bits per heavy atom. The second-order valence-electron chi connectivity index (χ2n) is 5.06. The van der Waals surface area contributed by atoms with Crippen LogP contribution in [0.4, 0.5) is 5.69 Å². The van der Waals surface area contributed by atoms with Gasteiger partial charge in [-0.15, -0.1) is 11.8 Å². The summed E-state index contributed by atoms with van der Waals surface area (Å²) in [6, 6.07) is 3.35. The summed E-state index contributed by atoms with van der Waals surface area (Å²) >= 11 is 7.90. The minimum atomic E-state index is -0.351. The van der Waals surface area contributed by atoms with Gasteiger partial charge in [0.05, 0.1) is 17.2 Å². The summed E-state index contributed by atoms with van der Waals surface area (Å²) < 4.78 is 5.08. The lowest BCUT2D eigenvalue weighted by Gasteiger charge is -2.14. The Morgan fingerprint density at radius 3 is 2.80 bits per heavy atom. The second kappa shape index (κ2) is 7.23. The fourth-order valence-electron chi connectivity index (χ4n) is 2.50. The SMILES string of the molecule is CCOC(=O)c1cc(N)cc(Cl)c1SCC1CCCC1. The number of benzene rings is 1. The van der Waals surface area contributed by atoms with Crippen molar-refractivity contribution in [3.63, 3.8) is 0 Å². The van der Waals surface area contributed by atoms with Gasteiger partial charge < -0.3 is 10.5 Å². The predicted molar refractivity (Wildman–Crippen MR) is 84.5 cm³/mol. The molecule has 0 atom stereocenters. The summed E-state index contributed by atoms with van der Waals surface area (Å²) in [7, 11) is 0. The van der Waals surface area contributed by atoms with Gasteiger partial charge in [0.2, 0.25) is 0 Å². The lowest BCUT2D eigenvalue weighted by Crippen LogP contribution is -2.08. The average molecular weight is 314 g/mol. The number of hydrogen-bond donors (Lipinski definition) is 1. The van der Waals surface area contributed by atoms with Crippen molar-refractivity contribution in [1.82, 2.24) is 0 Å². The Kier molecular flexibility index (Phi) is 5.61. The van der Waals surface area contributed by atoms with Crippen LogP contribution in [0, 0.1) is 5.92 Å². The summed E-state index contributed by atoms with van der Waals surface area (Å²) in [4.78, 5) is 12.8. The van der Waals surface area contributed by atoms with Crippen molar-refractivity contribution in [2.75, 3.05) is 18.1 Å². The van der Waals surface area contributed by atoms with Crippen LogP contribution < -0.4 is 5.73 Å². The van der Waals surface area contributed by atoms with Crippen LogP contribution in [0.1, 0.15) is 43.0 Å². The Hall–Kier alpha value is -0.870. The summed E-state index contributed by atoms with van der Waals surface area (Å²) in [5, 5.41) is 0.538. The fraction of sp³-hybridized carbons (Fsp3) is 0.533. The van der Waals surface area contributed by atoms with E-state index in [-0.39, 0.29) is 5.97 Å². The lowest BCUT2D eigenvalue weighted by molar-refractivity contribution is 0.0522. The van der Waals surface area contributed by atoms with Gasteiger partial charge in [-0.2, -0.15) is 0 Å². The highest BCUT2D eigenvalue weighted by molar-refractivity contribution is 7.99. The molecule has 110 valence electrons. The van der Waals surface area contributed by atoms with Crippen LogP contribution in [0.25, 0.3) is 0 Å². The van der Waals surface area contributed by atoms with Gasteiger partial charge in [0.1, 0.15) is 0 Å². The van der Waals surface area contributed by atoms with Gasteiger partial charge >= 0.3 is 5.97 Å². The maximum Gasteiger partial charge on any atom is 0.339 e. The first kappa shape index (κ1) is 15.5. The highest BCUT2D eigenvalue weighted by atomic mass is 35.5. The number of halogens is 1. The number of esters is 1. The maximum absolute atomic E-state index is 12.0. The first-order valence-corrected chi connectivity index (χ1v) is 8.37. The first-order valence-electron chi connectivity index (χ1n) is 7.00. The molecule has 0 spiro atoms. The highest BCUT2D eigenvalue weighted by Crippen LogP contribution is 2.37. The van der Waals surface area contributed by atoms with Gasteiger partial charge in [0.25, 0.3) is 0 Å². The summed E-state index contributed by atoms with van der Waals surface area (Å²) in [5.41, 5.74) is 6.75. The van der Waals surface area contributed by atoms with Crippen LogP contribution in [0.2, 0.25) is 5.02 Å². The van der Waals surface area contributed by atoms with Crippen LogP contribution in [-0.4, -0.2) is 18.3 Å². The molecule has 1 aliphatic rings. The summed E-state index contributed by atoms with van der Waals surface area (Å²) in [6.45, 7) is 2.13. The molecule has 1 aromatic carbocycles. The molecule has 20 heavy (non-hydrogen) atoms. The fourth-order valence-corrected chi connectivity index (χ4v) is 4.12. The number of anilines is 1. The van der Waals surface area contributed by atoms with Crippen molar-refractivity contribution >= 4 is 35.0 Å². The molecule has 1 aromatic rings. The molecule has 0 radical (unpaired) electrons. The minimum Gasteiger partial charge on any atom is -0.462 e. The Balaban J connectivity index is 2.17. The van der Waals surface area contributed by atoms with Gasteiger partial charge in [-0.25, -0.2) is 4.79 Å². The number of hydrogen-bond acceptors (Lipinski definition) is 4. The van der Waals surface area contributed by atoms with E-state index in [9.17, 15) is 4.79 Å². The number of rotatable bonds is 5. The van der Waals surface area contributed by atoms with Gasteiger partial charge in [0, 0.05) is 16.3 Å². The quantitative estimate of drug-likeness (QED) is 0.498. The second-order valence-corrected chi connectivity index (χ2v) is 6.50. The van der Waals surface area contributed by atoms with Gasteiger partial charge in [0.15, 0.2) is 0 Å². The summed E-state index contributed by atoms with van der Waals surface area (Å²) in [6.07, 6.45) is 5.17. The maximum atomic E-state index is 12.0. The van der Waals surface area contributed by atoms with Crippen molar-refractivity contribution in [3.8, 4) is 0 Å². The van der Waals surface area contributed by atoms with E-state index >= 15 is 0 Å². The Bertz CT molecular complexity index is 487. The van der Waals surface area contributed by atoms with Crippen molar-refractivity contribution in [2.24, 2.45) is 5.92 Å². The monoisotopic (exact) mass is 313 g/mol. The van der Waals surface area contributed by atoms with E-state index in [2.05, 4.69) is 0 Å². The van der Waals surface area contributed by atoms with Crippen LogP contribution in [0.3, 0.4) is 0 Å². The topological polar surface area (TPSA) is 52.3 Å². The molecule has 0 heterocycles. The number of nitrogens with two attached hydrogens (primary N) is 1. The molecule has 2 rings (SSSR count). The Labute approximate surface area is 129 Å². The van der Waals surface area contributed by atoms with Gasteiger partial charge in [-0.1, -0.05) is 24.4 Å². The molecule has 1 aliphatic carbocycles. The minimum absolute atomic E-state index is 0.345. The Morgan fingerprint density at radius 1 is 1.45 bits per heavy atom. The van der Waals surface area contributed by atoms with Crippen molar-refractivity contribution in [3.05, 3.63) is 22.7 Å². The van der Waals surface area contributed by atoms with E-state index in [4.69, 9.17) is 22.1 Å². The predicted octanol–water partition coefficient (Wildman–Crippen LogP) is 4.38. The zero-order valence-corrected chi connectivity index (χ0v) is 13.2. The average Bonchev–Trinajstić information content (AvgIpc) is 2.90. The molecule has 1 saturated carbocycles. The standard InChI is InChI=1S/C15H20ClNO2S/c1-2-19-15(18)12-7-11(17)8-13(16)14(12)20-9-10-5-3-4-6-10/h7-8,10H,2-6,9,17H2,1H3. The molecule has 0 saturated heterocycles. The van der Waals surface area contributed by atoms with Crippen LogP contribution in [0.5, 0.6) is 0 Å². The largest absolute Gasteiger partial charge is 0.462 e. The van der Waals surface area contributed by atoms with E-state index in [1.54, 1.807) is 30.8 Å². The molecule has 3 nitrogen and oxygen atoms in total. The normalized spacial score (nSPS) is 15.5. The molecule has 0 aliphatic heterocycles. The third-order valence-corrected chi connectivity index (χ3v) is 5.28. The molecule has 5 heteroatoms. The number of thioether (sulfide) groups is 1. The number of carbonyl (C=O) groups excluding carboxylic acids is 1. The number of ether oxygens (including phenoxy) is 1. The smallest absolute Gasteiger partial charge is 0.339 e. The van der Waals surface area contributed by atoms with E-state index in [0.717, 1.165) is 16.6 Å². The molecule has 0 aromatic heterocycles. The molecule has 0 amide bonds. The molecular weight excluding hydrogens is 294 g/mol. The van der Waals surface area contributed by atoms with E-state index in [1.807, 2.05) is 0 Å². The van der Waals surface area contributed by atoms with Crippen molar-refractivity contribution in [1.29, 1.82) is 0 Å². The van der Waals surface area contributed by atoms with Crippen molar-refractivity contribution in [2.45, 2.75) is 37.5 Å². The molecular formula is C15H20ClNO2S. The molecule has 2 N–H and O–H groups in total. The van der Waals surface area contributed by atoms with Crippen molar-refractivity contribution < 1.29 is 9.53 Å². The number of carbonyl (C=O) groups is 1. The van der Waals surface area contributed by atoms with E-state index in [1.165, 1.54) is 25.7 Å². The molecule has 0 bridgehead atoms. The van der Waals surface area contributed by atoms with Gasteiger partial charge in [-0.05, 0) is 37.8 Å². The number of nitrogen functional groups attached to an aromatic ring is 1. The van der Waals surface area contributed by atoms with Crippen LogP contribution in [-0.2, 0) is 4.74 Å². The van der Waals surface area contributed by atoms with Crippen LogP contribution in [0.15, 0.2) is 17.0 Å². The zero-order valence-electron chi connectivity index (χ0n) is 11.7. The van der Waals surface area contributed by atoms with Crippen LogP contribution >= 0.6 is 23.4 Å². The third kappa shape index (κ3) is 3.83. The highest BCUT2D eigenvalue weighted by Gasteiger charge is 2.20. The van der Waals surface area contributed by atoms with E-state index < -0.39 is 0 Å². The van der Waals surface area contributed by atoms with E-state index in [0.29, 0.717) is 22.9 Å². The van der Waals surface area contributed by atoms with Gasteiger partial charge in [-0.3, -0.25) is 0 Å². The summed E-state index contributed by atoms with van der Waals surface area (Å²) in [5.74, 6) is 1.37. The third-order valence-electron chi connectivity index (χ3n) is 3.50. The zero-order chi connectivity index (χ0) is 14.5. The molecule has 1 fully saturated rings. The lowest BCUT2D eigenvalue weighted by atomic mass is 10.1.